The molecule has 0 amide bonds. The second kappa shape index (κ2) is 9.89. The summed E-state index contributed by atoms with van der Waals surface area (Å²) in [6.07, 6.45) is 1.47. The molecule has 0 unspecified atom stereocenters. The molecular weight excluding hydrogens is 427 g/mol. The van der Waals surface area contributed by atoms with E-state index in [4.69, 9.17) is 5.73 Å². The highest BCUT2D eigenvalue weighted by Gasteiger charge is 2.28. The molecule has 4 aromatic rings. The van der Waals surface area contributed by atoms with E-state index < -0.39 is 0 Å². The number of hydrogen-bond donors (Lipinski definition) is 2. The molecular formula is C27H27FN6. The fourth-order valence-electron chi connectivity index (χ4n) is 4.50. The van der Waals surface area contributed by atoms with Crippen LogP contribution in [-0.4, -0.2) is 41.0 Å². The summed E-state index contributed by atoms with van der Waals surface area (Å²) >= 11 is 0. The van der Waals surface area contributed by atoms with Gasteiger partial charge in [0.15, 0.2) is 11.6 Å². The van der Waals surface area contributed by atoms with E-state index in [0.717, 1.165) is 26.2 Å². The van der Waals surface area contributed by atoms with Crippen molar-refractivity contribution in [2.75, 3.05) is 42.1 Å². The van der Waals surface area contributed by atoms with Gasteiger partial charge in [-0.2, -0.15) is 0 Å². The summed E-state index contributed by atoms with van der Waals surface area (Å²) in [6, 6.07) is 27.9. The van der Waals surface area contributed by atoms with E-state index in [2.05, 4.69) is 73.6 Å². The van der Waals surface area contributed by atoms with Crippen molar-refractivity contribution in [1.29, 1.82) is 0 Å². The molecule has 34 heavy (non-hydrogen) atoms. The fourth-order valence-corrected chi connectivity index (χ4v) is 4.50. The van der Waals surface area contributed by atoms with Crippen molar-refractivity contribution in [2.24, 2.45) is 0 Å². The maximum Gasteiger partial charge on any atom is 0.159 e. The second-order valence-electron chi connectivity index (χ2n) is 8.31. The Kier molecular flexibility index (Phi) is 6.35. The van der Waals surface area contributed by atoms with Crippen LogP contribution in [0.3, 0.4) is 0 Å². The summed E-state index contributed by atoms with van der Waals surface area (Å²) in [5.74, 6) is 0.719. The number of benzene rings is 3. The molecule has 3 aromatic carbocycles. The van der Waals surface area contributed by atoms with E-state index in [-0.39, 0.29) is 11.9 Å². The Labute approximate surface area is 198 Å². The van der Waals surface area contributed by atoms with E-state index in [0.29, 0.717) is 23.0 Å². The van der Waals surface area contributed by atoms with Gasteiger partial charge in [-0.3, -0.25) is 4.90 Å². The number of para-hydroxylation sites is 1. The van der Waals surface area contributed by atoms with Crippen molar-refractivity contribution >= 4 is 23.0 Å². The molecule has 1 saturated heterocycles. The minimum atomic E-state index is -0.358. The van der Waals surface area contributed by atoms with Crippen LogP contribution < -0.4 is 16.0 Å². The number of aromatic nitrogens is 2. The summed E-state index contributed by atoms with van der Waals surface area (Å²) < 4.78 is 14.1. The molecule has 1 fully saturated rings. The predicted molar refractivity (Wildman–Crippen MR) is 135 cm³/mol. The van der Waals surface area contributed by atoms with E-state index in [9.17, 15) is 4.39 Å². The molecule has 7 heteroatoms. The molecule has 2 heterocycles. The number of anilines is 4. The van der Waals surface area contributed by atoms with Crippen molar-refractivity contribution in [3.63, 3.8) is 0 Å². The maximum atomic E-state index is 14.1. The highest BCUT2D eigenvalue weighted by molar-refractivity contribution is 5.78. The number of nitrogens with zero attached hydrogens (tertiary/aromatic N) is 4. The Morgan fingerprint density at radius 3 is 1.97 bits per heavy atom. The first-order valence-electron chi connectivity index (χ1n) is 11.4. The molecule has 3 N–H and O–H groups in total. The van der Waals surface area contributed by atoms with Crippen molar-refractivity contribution in [1.82, 2.24) is 14.9 Å². The molecule has 0 radical (unpaired) electrons. The Hall–Kier alpha value is -3.97. The number of halogens is 1. The first-order valence-corrected chi connectivity index (χ1v) is 11.4. The Morgan fingerprint density at radius 2 is 1.35 bits per heavy atom. The van der Waals surface area contributed by atoms with Crippen molar-refractivity contribution < 1.29 is 4.39 Å². The Bertz CT molecular complexity index is 1190. The van der Waals surface area contributed by atoms with Crippen LogP contribution in [0.5, 0.6) is 0 Å². The third-order valence-electron chi connectivity index (χ3n) is 6.20. The third-order valence-corrected chi connectivity index (χ3v) is 6.20. The number of hydrogen-bond acceptors (Lipinski definition) is 6. The van der Waals surface area contributed by atoms with Crippen molar-refractivity contribution in [2.45, 2.75) is 6.04 Å². The van der Waals surface area contributed by atoms with Crippen LogP contribution >= 0.6 is 0 Å². The number of nitrogens with two attached hydrogens (primary N) is 1. The quantitative estimate of drug-likeness (QED) is 0.434. The summed E-state index contributed by atoms with van der Waals surface area (Å²) in [5.41, 5.74) is 9.73. The molecule has 1 aliphatic rings. The third kappa shape index (κ3) is 4.56. The van der Waals surface area contributed by atoms with Gasteiger partial charge in [-0.25, -0.2) is 14.4 Å². The van der Waals surface area contributed by atoms with Crippen LogP contribution in [0.1, 0.15) is 17.2 Å². The lowest BCUT2D eigenvalue weighted by Gasteiger charge is -2.40. The van der Waals surface area contributed by atoms with Crippen molar-refractivity contribution in [3.8, 4) is 0 Å². The normalized spacial score (nSPS) is 14.4. The fraction of sp³-hybridized carbons (Fsp3) is 0.185. The van der Waals surface area contributed by atoms with Gasteiger partial charge in [-0.15, -0.1) is 0 Å². The van der Waals surface area contributed by atoms with Gasteiger partial charge in [0.25, 0.3) is 0 Å². The molecule has 172 valence electrons. The van der Waals surface area contributed by atoms with Gasteiger partial charge in [0.2, 0.25) is 0 Å². The van der Waals surface area contributed by atoms with Gasteiger partial charge in [-0.05, 0) is 23.3 Å². The summed E-state index contributed by atoms with van der Waals surface area (Å²) in [5, 5.41) is 3.00. The van der Waals surface area contributed by atoms with Crippen LogP contribution in [-0.2, 0) is 0 Å². The molecule has 1 aromatic heterocycles. The van der Waals surface area contributed by atoms with Crippen LogP contribution in [0.4, 0.5) is 27.4 Å². The zero-order valence-electron chi connectivity index (χ0n) is 18.8. The van der Waals surface area contributed by atoms with Crippen LogP contribution in [0, 0.1) is 5.82 Å². The smallest absolute Gasteiger partial charge is 0.159 e. The highest BCUT2D eigenvalue weighted by Crippen LogP contribution is 2.33. The van der Waals surface area contributed by atoms with Crippen LogP contribution in [0.15, 0.2) is 91.3 Å². The van der Waals surface area contributed by atoms with E-state index in [1.54, 1.807) is 18.2 Å². The van der Waals surface area contributed by atoms with E-state index in [1.165, 1.54) is 23.5 Å². The summed E-state index contributed by atoms with van der Waals surface area (Å²) in [4.78, 5) is 13.4. The summed E-state index contributed by atoms with van der Waals surface area (Å²) in [6.45, 7) is 3.26. The second-order valence-corrected chi connectivity index (χ2v) is 8.31. The minimum Gasteiger partial charge on any atom is -0.393 e. The lowest BCUT2D eigenvalue weighted by Crippen LogP contribution is -2.48. The lowest BCUT2D eigenvalue weighted by molar-refractivity contribution is 0.212. The van der Waals surface area contributed by atoms with Crippen LogP contribution in [0.2, 0.25) is 0 Å². The highest BCUT2D eigenvalue weighted by atomic mass is 19.1. The monoisotopic (exact) mass is 454 g/mol. The summed E-state index contributed by atoms with van der Waals surface area (Å²) in [7, 11) is 0. The number of piperazine rings is 1. The molecule has 0 aliphatic carbocycles. The van der Waals surface area contributed by atoms with Gasteiger partial charge in [0.1, 0.15) is 17.8 Å². The zero-order valence-corrected chi connectivity index (χ0v) is 18.8. The molecule has 5 rings (SSSR count). The van der Waals surface area contributed by atoms with Gasteiger partial charge in [0, 0.05) is 26.2 Å². The average Bonchev–Trinajstić information content (AvgIpc) is 2.89. The number of rotatable bonds is 6. The number of nitrogens with one attached hydrogen (secondary N) is 1. The van der Waals surface area contributed by atoms with Crippen molar-refractivity contribution in [3.05, 3.63) is 108 Å². The molecule has 1 aliphatic heterocycles. The molecule has 0 saturated carbocycles. The molecule has 6 nitrogen and oxygen atoms in total. The lowest BCUT2D eigenvalue weighted by atomic mass is 9.96. The maximum absolute atomic E-state index is 14.1. The Morgan fingerprint density at radius 1 is 0.765 bits per heavy atom. The van der Waals surface area contributed by atoms with Gasteiger partial charge >= 0.3 is 0 Å². The molecule has 0 bridgehead atoms. The van der Waals surface area contributed by atoms with Crippen LogP contribution in [0.25, 0.3) is 0 Å². The minimum absolute atomic E-state index is 0.186. The Balaban J connectivity index is 1.34. The molecule has 0 atom stereocenters. The average molecular weight is 455 g/mol. The number of nitrogen functional groups attached to an aromatic ring is 1. The topological polar surface area (TPSA) is 70.3 Å². The first kappa shape index (κ1) is 21.9. The van der Waals surface area contributed by atoms with E-state index in [1.807, 2.05) is 12.1 Å². The SMILES string of the molecule is Nc1c(Nc2ccccc2F)ncnc1N1CCN(C(c2ccccc2)c2ccccc2)CC1. The largest absolute Gasteiger partial charge is 0.393 e. The van der Waals surface area contributed by atoms with E-state index >= 15 is 0 Å². The van der Waals surface area contributed by atoms with Gasteiger partial charge in [-0.1, -0.05) is 72.8 Å². The predicted octanol–water partition coefficient (Wildman–Crippen LogP) is 4.85. The first-order chi connectivity index (χ1) is 16.7. The van der Waals surface area contributed by atoms with Gasteiger partial charge < -0.3 is 16.0 Å². The van der Waals surface area contributed by atoms with Gasteiger partial charge in [0.05, 0.1) is 11.7 Å². The zero-order chi connectivity index (χ0) is 23.3. The molecule has 0 spiro atoms. The standard InChI is InChI=1S/C27H27FN6/c28-22-13-7-8-14-23(22)32-26-24(29)27(31-19-30-26)34-17-15-33(16-18-34)25(20-9-3-1-4-10-20)21-11-5-2-6-12-21/h1-14,19,25H,15-18,29H2,(H,30,31,32).